The molecule has 2 N–H and O–H groups in total. The number of ether oxygens (including phenoxy) is 2. The fraction of sp³-hybridized carbons (Fsp3) is 0.400. The first-order valence-corrected chi connectivity index (χ1v) is 8.92. The molecule has 0 atom stereocenters. The predicted octanol–water partition coefficient (Wildman–Crippen LogP) is 3.94. The number of hydrogen-bond acceptors (Lipinski definition) is 4. The molecule has 0 aliphatic rings. The summed E-state index contributed by atoms with van der Waals surface area (Å²) in [6.07, 6.45) is 1.08. The molecule has 0 saturated carbocycles. The third-order valence-corrected chi connectivity index (χ3v) is 4.15. The van der Waals surface area contributed by atoms with Crippen molar-refractivity contribution in [3.63, 3.8) is 0 Å². The molecule has 0 aliphatic heterocycles. The van der Waals surface area contributed by atoms with Crippen LogP contribution in [0.5, 0.6) is 11.5 Å². The molecule has 25 heavy (non-hydrogen) atoms. The van der Waals surface area contributed by atoms with Crippen LogP contribution in [0.2, 0.25) is 5.02 Å². The van der Waals surface area contributed by atoms with Crippen molar-refractivity contribution in [2.75, 3.05) is 27.2 Å². The van der Waals surface area contributed by atoms with Gasteiger partial charge in [0.05, 0.1) is 12.1 Å². The van der Waals surface area contributed by atoms with Gasteiger partial charge in [0.25, 0.3) is 0 Å². The summed E-state index contributed by atoms with van der Waals surface area (Å²) in [5.41, 5.74) is 3.39. The first-order chi connectivity index (χ1) is 12.1. The van der Waals surface area contributed by atoms with Crippen molar-refractivity contribution in [3.8, 4) is 11.5 Å². The highest BCUT2D eigenvalue weighted by Crippen LogP contribution is 2.37. The van der Waals surface area contributed by atoms with Gasteiger partial charge in [-0.25, -0.2) is 0 Å². The molecule has 0 aliphatic carbocycles. The van der Waals surface area contributed by atoms with E-state index in [1.54, 1.807) is 7.11 Å². The SMILES string of the molecule is CNCCCNCc1cc(Cl)c(OCc2cccc(C)c2)c(OC)c1. The Labute approximate surface area is 155 Å². The molecule has 0 heterocycles. The molecule has 5 heteroatoms. The minimum atomic E-state index is 0.458. The molecule has 136 valence electrons. The summed E-state index contributed by atoms with van der Waals surface area (Å²) in [6, 6.07) is 12.1. The summed E-state index contributed by atoms with van der Waals surface area (Å²) in [4.78, 5) is 0. The van der Waals surface area contributed by atoms with Crippen LogP contribution >= 0.6 is 11.6 Å². The lowest BCUT2D eigenvalue weighted by Gasteiger charge is -2.15. The van der Waals surface area contributed by atoms with Crippen LogP contribution in [-0.4, -0.2) is 27.2 Å². The minimum Gasteiger partial charge on any atom is -0.493 e. The van der Waals surface area contributed by atoms with E-state index in [0.717, 1.165) is 37.2 Å². The maximum atomic E-state index is 6.43. The molecule has 2 aromatic carbocycles. The molecule has 2 aromatic rings. The van der Waals surface area contributed by atoms with Crippen LogP contribution in [0, 0.1) is 6.92 Å². The maximum absolute atomic E-state index is 6.43. The van der Waals surface area contributed by atoms with Gasteiger partial charge in [-0.05, 0) is 56.7 Å². The number of methoxy groups -OCH3 is 1. The summed E-state index contributed by atoms with van der Waals surface area (Å²) >= 11 is 6.43. The van der Waals surface area contributed by atoms with Crippen LogP contribution in [0.3, 0.4) is 0 Å². The minimum absolute atomic E-state index is 0.458. The van der Waals surface area contributed by atoms with Gasteiger partial charge in [-0.2, -0.15) is 0 Å². The Morgan fingerprint density at radius 3 is 2.64 bits per heavy atom. The Morgan fingerprint density at radius 2 is 1.92 bits per heavy atom. The second-order valence-corrected chi connectivity index (χ2v) is 6.43. The van der Waals surface area contributed by atoms with Crippen molar-refractivity contribution in [1.29, 1.82) is 0 Å². The highest BCUT2D eigenvalue weighted by atomic mass is 35.5. The highest BCUT2D eigenvalue weighted by Gasteiger charge is 2.12. The van der Waals surface area contributed by atoms with Crippen LogP contribution in [0.25, 0.3) is 0 Å². The van der Waals surface area contributed by atoms with E-state index in [4.69, 9.17) is 21.1 Å². The second-order valence-electron chi connectivity index (χ2n) is 6.02. The molecule has 0 unspecified atom stereocenters. The Bertz CT molecular complexity index is 677. The zero-order valence-corrected chi connectivity index (χ0v) is 16.0. The fourth-order valence-electron chi connectivity index (χ4n) is 2.60. The van der Waals surface area contributed by atoms with Gasteiger partial charge in [0.1, 0.15) is 6.61 Å². The van der Waals surface area contributed by atoms with Crippen LogP contribution in [0.4, 0.5) is 0 Å². The normalized spacial score (nSPS) is 10.7. The Morgan fingerprint density at radius 1 is 1.08 bits per heavy atom. The van der Waals surface area contributed by atoms with Crippen molar-refractivity contribution < 1.29 is 9.47 Å². The summed E-state index contributed by atoms with van der Waals surface area (Å²) < 4.78 is 11.4. The van der Waals surface area contributed by atoms with Crippen molar-refractivity contribution >= 4 is 11.6 Å². The lowest BCUT2D eigenvalue weighted by Crippen LogP contribution is -2.19. The lowest BCUT2D eigenvalue weighted by molar-refractivity contribution is 0.284. The second kappa shape index (κ2) is 10.3. The molecule has 0 radical (unpaired) electrons. The summed E-state index contributed by atoms with van der Waals surface area (Å²) in [7, 11) is 3.59. The molecule has 2 rings (SSSR count). The molecule has 0 bridgehead atoms. The highest BCUT2D eigenvalue weighted by molar-refractivity contribution is 6.32. The zero-order chi connectivity index (χ0) is 18.1. The first kappa shape index (κ1) is 19.6. The lowest BCUT2D eigenvalue weighted by atomic mass is 10.1. The molecule has 0 saturated heterocycles. The van der Waals surface area contributed by atoms with Crippen LogP contribution in [0.1, 0.15) is 23.1 Å². The van der Waals surface area contributed by atoms with E-state index in [2.05, 4.69) is 29.7 Å². The molecule has 0 spiro atoms. The molecule has 0 fully saturated rings. The maximum Gasteiger partial charge on any atom is 0.180 e. The molecular weight excluding hydrogens is 336 g/mol. The average Bonchev–Trinajstić information content (AvgIpc) is 2.60. The molecule has 0 amide bonds. The van der Waals surface area contributed by atoms with Gasteiger partial charge in [-0.15, -0.1) is 0 Å². The monoisotopic (exact) mass is 362 g/mol. The van der Waals surface area contributed by atoms with Crippen molar-refractivity contribution in [1.82, 2.24) is 10.6 Å². The van der Waals surface area contributed by atoms with E-state index in [9.17, 15) is 0 Å². The standard InChI is InChI=1S/C20H27ClN2O2/c1-15-6-4-7-16(10-15)14-25-20-18(21)11-17(12-19(20)24-3)13-23-9-5-8-22-2/h4,6-7,10-12,22-23H,5,8-9,13-14H2,1-3H3. The smallest absolute Gasteiger partial charge is 0.180 e. The van der Waals surface area contributed by atoms with Crippen LogP contribution in [-0.2, 0) is 13.2 Å². The van der Waals surface area contributed by atoms with Gasteiger partial charge in [0.15, 0.2) is 11.5 Å². The Kier molecular flexibility index (Phi) is 8.06. The fourth-order valence-corrected chi connectivity index (χ4v) is 2.88. The first-order valence-electron chi connectivity index (χ1n) is 8.54. The summed E-state index contributed by atoms with van der Waals surface area (Å²) in [6.45, 7) is 5.22. The molecule has 0 aromatic heterocycles. The molecular formula is C20H27ClN2O2. The van der Waals surface area contributed by atoms with Crippen LogP contribution < -0.4 is 20.1 Å². The van der Waals surface area contributed by atoms with E-state index in [-0.39, 0.29) is 0 Å². The summed E-state index contributed by atoms with van der Waals surface area (Å²) in [5, 5.41) is 7.11. The average molecular weight is 363 g/mol. The van der Waals surface area contributed by atoms with E-state index >= 15 is 0 Å². The number of benzene rings is 2. The number of hydrogen-bond donors (Lipinski definition) is 2. The summed E-state index contributed by atoms with van der Waals surface area (Å²) in [5.74, 6) is 1.25. The Hall–Kier alpha value is -1.75. The zero-order valence-electron chi connectivity index (χ0n) is 15.2. The van der Waals surface area contributed by atoms with Gasteiger partial charge in [-0.1, -0.05) is 41.4 Å². The van der Waals surface area contributed by atoms with E-state index in [1.165, 1.54) is 5.56 Å². The topological polar surface area (TPSA) is 42.5 Å². The third-order valence-electron chi connectivity index (χ3n) is 3.86. The van der Waals surface area contributed by atoms with Gasteiger partial charge >= 0.3 is 0 Å². The molecule has 4 nitrogen and oxygen atoms in total. The van der Waals surface area contributed by atoms with E-state index < -0.39 is 0 Å². The van der Waals surface area contributed by atoms with Gasteiger partial charge in [0.2, 0.25) is 0 Å². The van der Waals surface area contributed by atoms with Gasteiger partial charge in [-0.3, -0.25) is 0 Å². The third kappa shape index (κ3) is 6.24. The number of halogens is 1. The Balaban J connectivity index is 2.00. The van der Waals surface area contributed by atoms with Crippen molar-refractivity contribution in [3.05, 3.63) is 58.1 Å². The van der Waals surface area contributed by atoms with Crippen molar-refractivity contribution in [2.24, 2.45) is 0 Å². The quantitative estimate of drug-likeness (QED) is 0.628. The number of nitrogens with one attached hydrogen (secondary N) is 2. The number of rotatable bonds is 10. The van der Waals surface area contributed by atoms with Crippen molar-refractivity contribution in [2.45, 2.75) is 26.5 Å². The predicted molar refractivity (Wildman–Crippen MR) is 104 cm³/mol. The van der Waals surface area contributed by atoms with Crippen LogP contribution in [0.15, 0.2) is 36.4 Å². The van der Waals surface area contributed by atoms with Gasteiger partial charge in [0, 0.05) is 6.54 Å². The number of aryl methyl sites for hydroxylation is 1. The largest absolute Gasteiger partial charge is 0.493 e. The van der Waals surface area contributed by atoms with Gasteiger partial charge < -0.3 is 20.1 Å². The van der Waals surface area contributed by atoms with E-state index in [1.807, 2.05) is 31.3 Å². The van der Waals surface area contributed by atoms with E-state index in [0.29, 0.717) is 23.1 Å².